The Morgan fingerprint density at radius 2 is 1.86 bits per heavy atom. The van der Waals surface area contributed by atoms with Crippen molar-refractivity contribution in [2.75, 3.05) is 13.7 Å². The van der Waals surface area contributed by atoms with E-state index in [0.29, 0.717) is 17.1 Å². The Labute approximate surface area is 156 Å². The number of hydrogen-bond acceptors (Lipinski definition) is 7. The second-order valence-electron chi connectivity index (χ2n) is 5.92. The Morgan fingerprint density at radius 1 is 1.07 bits per heavy atom. The minimum absolute atomic E-state index is 0.0451. The van der Waals surface area contributed by atoms with Crippen LogP contribution in [-0.4, -0.2) is 39.9 Å². The van der Waals surface area contributed by atoms with Crippen molar-refractivity contribution in [2.24, 2.45) is 0 Å². The van der Waals surface area contributed by atoms with Crippen molar-refractivity contribution in [1.82, 2.24) is 20.4 Å². The van der Waals surface area contributed by atoms with E-state index in [-0.39, 0.29) is 34.3 Å². The zero-order chi connectivity index (χ0) is 19.7. The fourth-order valence-electron chi connectivity index (χ4n) is 2.87. The molecule has 0 atom stereocenters. The number of rotatable bonds is 5. The number of aromatic nitrogens is 4. The second kappa shape index (κ2) is 6.95. The molecule has 0 amide bonds. The third kappa shape index (κ3) is 2.98. The van der Waals surface area contributed by atoms with Gasteiger partial charge in [-0.15, -0.1) is 0 Å². The summed E-state index contributed by atoms with van der Waals surface area (Å²) in [4.78, 5) is 39.8. The molecular weight excluding hydrogens is 364 g/mol. The Balaban J connectivity index is 1.67. The van der Waals surface area contributed by atoms with E-state index in [4.69, 9.17) is 9.47 Å². The van der Waals surface area contributed by atoms with Gasteiger partial charge >= 0.3 is 0 Å². The lowest BCUT2D eigenvalue weighted by Crippen LogP contribution is -2.12. The van der Waals surface area contributed by atoms with Crippen LogP contribution in [0, 0.1) is 0 Å². The number of Topliss-reactive ketones (excluding diaryl/α,β-unsaturated/α-hetero) is 1. The van der Waals surface area contributed by atoms with Gasteiger partial charge in [0, 0.05) is 11.5 Å². The summed E-state index contributed by atoms with van der Waals surface area (Å²) in [6.07, 6.45) is 0. The van der Waals surface area contributed by atoms with E-state index in [9.17, 15) is 14.4 Å². The fourth-order valence-corrected chi connectivity index (χ4v) is 2.87. The first-order valence-electron chi connectivity index (χ1n) is 8.28. The zero-order valence-electron chi connectivity index (χ0n) is 14.7. The van der Waals surface area contributed by atoms with Crippen LogP contribution in [0.3, 0.4) is 0 Å². The number of para-hydroxylation sites is 1. The van der Waals surface area contributed by atoms with Crippen LogP contribution < -0.4 is 20.5 Å². The normalized spacial score (nSPS) is 10.9. The van der Waals surface area contributed by atoms with Crippen LogP contribution in [0.1, 0.15) is 10.4 Å². The Hall–Kier alpha value is -4.01. The number of ketones is 1. The molecule has 0 aliphatic heterocycles. The number of nitrogens with one attached hydrogen (secondary N) is 2. The molecule has 0 fully saturated rings. The van der Waals surface area contributed by atoms with Gasteiger partial charge in [-0.25, -0.2) is 0 Å². The monoisotopic (exact) mass is 378 g/mol. The summed E-state index contributed by atoms with van der Waals surface area (Å²) >= 11 is 0. The van der Waals surface area contributed by atoms with Gasteiger partial charge in [-0.3, -0.25) is 14.4 Å². The lowest BCUT2D eigenvalue weighted by molar-refractivity contribution is 0.0918. The number of benzene rings is 2. The highest BCUT2D eigenvalue weighted by atomic mass is 16.5. The second-order valence-corrected chi connectivity index (χ2v) is 5.92. The van der Waals surface area contributed by atoms with E-state index >= 15 is 0 Å². The summed E-state index contributed by atoms with van der Waals surface area (Å²) in [6, 6.07) is 11.4. The lowest BCUT2D eigenvalue weighted by atomic mass is 10.1. The summed E-state index contributed by atoms with van der Waals surface area (Å²) in [5.74, 6) is 0.513. The van der Waals surface area contributed by atoms with Gasteiger partial charge in [-0.2, -0.15) is 15.4 Å². The van der Waals surface area contributed by atoms with E-state index in [2.05, 4.69) is 20.4 Å². The molecule has 2 aromatic carbocycles. The van der Waals surface area contributed by atoms with Crippen LogP contribution in [0.5, 0.6) is 11.5 Å². The number of carbonyl (C=O) groups is 1. The quantitative estimate of drug-likeness (QED) is 0.503. The van der Waals surface area contributed by atoms with Gasteiger partial charge in [-0.1, -0.05) is 12.1 Å². The number of aromatic amines is 2. The molecule has 9 heteroatoms. The van der Waals surface area contributed by atoms with Gasteiger partial charge < -0.3 is 14.5 Å². The van der Waals surface area contributed by atoms with Crippen LogP contribution in [0.25, 0.3) is 21.9 Å². The number of nitrogens with zero attached hydrogens (tertiary/aromatic N) is 2. The molecule has 140 valence electrons. The standard InChI is InChI=1S/C19H14N4O5/c1-27-15-5-3-2-4-12(15)14(24)9-28-10-6-7-11-13(8-10)20-19(26)17-16(18(11)25)21-23-22-17/h2-8H,9H2,1H3,(H,20,26)(H,21,22,23). The van der Waals surface area contributed by atoms with Crippen molar-refractivity contribution in [3.8, 4) is 11.5 Å². The summed E-state index contributed by atoms with van der Waals surface area (Å²) < 4.78 is 10.7. The molecule has 2 heterocycles. The molecule has 4 rings (SSSR count). The molecule has 0 unspecified atom stereocenters. The number of ether oxygens (including phenoxy) is 2. The Morgan fingerprint density at radius 3 is 2.68 bits per heavy atom. The highest BCUT2D eigenvalue weighted by Crippen LogP contribution is 2.20. The lowest BCUT2D eigenvalue weighted by Gasteiger charge is -2.09. The Kier molecular flexibility index (Phi) is 4.32. The smallest absolute Gasteiger partial charge is 0.278 e. The molecular formula is C19H14N4O5. The summed E-state index contributed by atoms with van der Waals surface area (Å²) in [6.45, 7) is -0.232. The maximum atomic E-state index is 12.5. The van der Waals surface area contributed by atoms with Crippen molar-refractivity contribution in [1.29, 1.82) is 0 Å². The maximum Gasteiger partial charge on any atom is 0.278 e. The van der Waals surface area contributed by atoms with Crippen LogP contribution >= 0.6 is 0 Å². The number of fused-ring (bicyclic) bond motifs is 2. The minimum atomic E-state index is -0.557. The van der Waals surface area contributed by atoms with E-state index < -0.39 is 11.0 Å². The maximum absolute atomic E-state index is 12.5. The number of H-pyrrole nitrogens is 2. The van der Waals surface area contributed by atoms with Crippen LogP contribution in [0.2, 0.25) is 0 Å². The molecule has 9 nitrogen and oxygen atoms in total. The van der Waals surface area contributed by atoms with Crippen molar-refractivity contribution in [2.45, 2.75) is 0 Å². The third-order valence-corrected chi connectivity index (χ3v) is 4.24. The third-order valence-electron chi connectivity index (χ3n) is 4.24. The van der Waals surface area contributed by atoms with Crippen molar-refractivity contribution >= 4 is 27.7 Å². The number of carbonyl (C=O) groups excluding carboxylic acids is 1. The van der Waals surface area contributed by atoms with Gasteiger partial charge in [0.1, 0.15) is 11.5 Å². The van der Waals surface area contributed by atoms with Gasteiger partial charge in [0.2, 0.25) is 11.2 Å². The fraction of sp³-hybridized carbons (Fsp3) is 0.105. The molecule has 0 radical (unpaired) electrons. The van der Waals surface area contributed by atoms with E-state index in [0.717, 1.165) is 0 Å². The van der Waals surface area contributed by atoms with Crippen molar-refractivity contribution in [3.05, 3.63) is 68.6 Å². The average molecular weight is 378 g/mol. The molecule has 0 aliphatic rings. The van der Waals surface area contributed by atoms with E-state index in [1.165, 1.54) is 19.2 Å². The molecule has 0 saturated heterocycles. The summed E-state index contributed by atoms with van der Waals surface area (Å²) in [5.41, 5.74) is -0.449. The first-order chi connectivity index (χ1) is 13.6. The molecule has 28 heavy (non-hydrogen) atoms. The molecule has 0 aliphatic carbocycles. The van der Waals surface area contributed by atoms with Gasteiger partial charge in [-0.05, 0) is 24.3 Å². The molecule has 4 aromatic rings. The van der Waals surface area contributed by atoms with Gasteiger partial charge in [0.05, 0.1) is 18.2 Å². The highest BCUT2D eigenvalue weighted by molar-refractivity contribution is 5.99. The summed E-state index contributed by atoms with van der Waals surface area (Å²) in [7, 11) is 1.48. The van der Waals surface area contributed by atoms with Gasteiger partial charge in [0.25, 0.3) is 5.56 Å². The molecule has 2 N–H and O–H groups in total. The molecule has 2 aromatic heterocycles. The molecule has 0 saturated carbocycles. The topological polar surface area (TPSA) is 127 Å². The molecule has 0 spiro atoms. The predicted molar refractivity (Wildman–Crippen MR) is 101 cm³/mol. The predicted octanol–water partition coefficient (Wildman–Crippen LogP) is 1.43. The summed E-state index contributed by atoms with van der Waals surface area (Å²) in [5, 5.41) is 9.98. The first kappa shape index (κ1) is 17.4. The zero-order valence-corrected chi connectivity index (χ0v) is 14.7. The van der Waals surface area contributed by atoms with E-state index in [1.54, 1.807) is 30.3 Å². The SMILES string of the molecule is COc1ccccc1C(=O)COc1ccc2c(=O)c3n[nH]nc3c(=O)[nH]c2c1. The van der Waals surface area contributed by atoms with Crippen LogP contribution in [0.15, 0.2) is 52.1 Å². The van der Waals surface area contributed by atoms with Crippen molar-refractivity contribution < 1.29 is 14.3 Å². The molecule has 0 bridgehead atoms. The average Bonchev–Trinajstić information content (AvgIpc) is 3.18. The van der Waals surface area contributed by atoms with Crippen molar-refractivity contribution in [3.63, 3.8) is 0 Å². The number of methoxy groups -OCH3 is 1. The number of hydrogen-bond donors (Lipinski definition) is 2. The van der Waals surface area contributed by atoms with Crippen LogP contribution in [0.4, 0.5) is 0 Å². The highest BCUT2D eigenvalue weighted by Gasteiger charge is 2.14. The van der Waals surface area contributed by atoms with Crippen LogP contribution in [-0.2, 0) is 0 Å². The largest absolute Gasteiger partial charge is 0.496 e. The van der Waals surface area contributed by atoms with Gasteiger partial charge in [0.15, 0.2) is 17.6 Å². The Bertz CT molecular complexity index is 1330. The minimum Gasteiger partial charge on any atom is -0.496 e. The first-order valence-corrected chi connectivity index (χ1v) is 8.28. The van der Waals surface area contributed by atoms with E-state index in [1.807, 2.05) is 0 Å².